The molecule has 0 bridgehead atoms. The number of aryl methyl sites for hydroxylation is 1. The van der Waals surface area contributed by atoms with Crippen LogP contribution in [-0.2, 0) is 0 Å². The van der Waals surface area contributed by atoms with Crippen LogP contribution in [0, 0.1) is 12.7 Å². The van der Waals surface area contributed by atoms with E-state index in [1.54, 1.807) is 12.1 Å². The van der Waals surface area contributed by atoms with E-state index >= 15 is 0 Å². The lowest BCUT2D eigenvalue weighted by atomic mass is 9.98. The first-order valence-corrected chi connectivity index (χ1v) is 6.61. The second-order valence-electron chi connectivity index (χ2n) is 4.75. The lowest BCUT2D eigenvalue weighted by Crippen LogP contribution is -2.16. The summed E-state index contributed by atoms with van der Waals surface area (Å²) in [5.41, 5.74) is 2.07. The SMILES string of the molecule is CCCCCCC(NC)c1cc(C)cc(F)c1. The molecule has 17 heavy (non-hydrogen) atoms. The fourth-order valence-corrected chi connectivity index (χ4v) is 2.22. The first-order chi connectivity index (χ1) is 8.17. The van der Waals surface area contributed by atoms with Gasteiger partial charge in [-0.2, -0.15) is 0 Å². The highest BCUT2D eigenvalue weighted by Gasteiger charge is 2.10. The monoisotopic (exact) mass is 237 g/mol. The molecule has 2 heteroatoms. The first-order valence-electron chi connectivity index (χ1n) is 6.61. The van der Waals surface area contributed by atoms with Gasteiger partial charge in [0.05, 0.1) is 0 Å². The third kappa shape index (κ3) is 4.86. The van der Waals surface area contributed by atoms with Crippen LogP contribution in [0.15, 0.2) is 18.2 Å². The van der Waals surface area contributed by atoms with Crippen LogP contribution in [0.3, 0.4) is 0 Å². The summed E-state index contributed by atoms with van der Waals surface area (Å²) in [5.74, 6) is -0.131. The maximum Gasteiger partial charge on any atom is 0.123 e. The van der Waals surface area contributed by atoms with Crippen molar-refractivity contribution in [3.63, 3.8) is 0 Å². The molecule has 0 fully saturated rings. The molecule has 0 saturated carbocycles. The van der Waals surface area contributed by atoms with Gasteiger partial charge in [-0.15, -0.1) is 0 Å². The van der Waals surface area contributed by atoms with E-state index in [1.165, 1.54) is 25.7 Å². The third-order valence-corrected chi connectivity index (χ3v) is 3.16. The topological polar surface area (TPSA) is 12.0 Å². The predicted molar refractivity (Wildman–Crippen MR) is 71.7 cm³/mol. The van der Waals surface area contributed by atoms with Gasteiger partial charge in [0.2, 0.25) is 0 Å². The van der Waals surface area contributed by atoms with Crippen molar-refractivity contribution in [2.24, 2.45) is 0 Å². The predicted octanol–water partition coefficient (Wildman–Crippen LogP) is 4.37. The largest absolute Gasteiger partial charge is 0.313 e. The lowest BCUT2D eigenvalue weighted by Gasteiger charge is -2.17. The summed E-state index contributed by atoms with van der Waals surface area (Å²) >= 11 is 0. The summed E-state index contributed by atoms with van der Waals surface area (Å²) in [6, 6.07) is 5.58. The first kappa shape index (κ1) is 14.2. The van der Waals surface area contributed by atoms with Gasteiger partial charge in [0.1, 0.15) is 5.82 Å². The van der Waals surface area contributed by atoms with Crippen LogP contribution in [0.25, 0.3) is 0 Å². The van der Waals surface area contributed by atoms with Crippen LogP contribution < -0.4 is 5.32 Å². The molecule has 1 aromatic rings. The average Bonchev–Trinajstić information content (AvgIpc) is 2.28. The Balaban J connectivity index is 2.59. The van der Waals surface area contributed by atoms with E-state index in [-0.39, 0.29) is 11.9 Å². The molecule has 1 atom stereocenters. The lowest BCUT2D eigenvalue weighted by molar-refractivity contribution is 0.501. The van der Waals surface area contributed by atoms with Gasteiger partial charge in [-0.25, -0.2) is 4.39 Å². The Morgan fingerprint density at radius 2 is 1.94 bits per heavy atom. The number of nitrogens with one attached hydrogen (secondary N) is 1. The maximum atomic E-state index is 13.3. The van der Waals surface area contributed by atoms with E-state index in [2.05, 4.69) is 18.3 Å². The van der Waals surface area contributed by atoms with Crippen LogP contribution in [0.1, 0.15) is 56.2 Å². The summed E-state index contributed by atoms with van der Waals surface area (Å²) in [7, 11) is 1.95. The zero-order valence-corrected chi connectivity index (χ0v) is 11.2. The molecule has 1 aromatic carbocycles. The van der Waals surface area contributed by atoms with E-state index in [0.717, 1.165) is 17.5 Å². The van der Waals surface area contributed by atoms with E-state index < -0.39 is 0 Å². The van der Waals surface area contributed by atoms with Crippen molar-refractivity contribution in [3.05, 3.63) is 35.1 Å². The van der Waals surface area contributed by atoms with E-state index in [4.69, 9.17) is 0 Å². The van der Waals surface area contributed by atoms with Crippen molar-refractivity contribution in [2.45, 2.75) is 52.0 Å². The van der Waals surface area contributed by atoms with Crippen molar-refractivity contribution < 1.29 is 4.39 Å². The molecule has 0 aliphatic carbocycles. The normalized spacial score (nSPS) is 12.7. The van der Waals surface area contributed by atoms with Crippen molar-refractivity contribution in [1.29, 1.82) is 0 Å². The number of rotatable bonds is 7. The molecule has 1 nitrogen and oxygen atoms in total. The van der Waals surface area contributed by atoms with Gasteiger partial charge in [0, 0.05) is 6.04 Å². The maximum absolute atomic E-state index is 13.3. The van der Waals surface area contributed by atoms with Crippen molar-refractivity contribution in [2.75, 3.05) is 7.05 Å². The van der Waals surface area contributed by atoms with Crippen LogP contribution >= 0.6 is 0 Å². The van der Waals surface area contributed by atoms with Gasteiger partial charge in [-0.05, 0) is 43.7 Å². The molecular formula is C15H24FN. The van der Waals surface area contributed by atoms with Crippen molar-refractivity contribution in [3.8, 4) is 0 Å². The molecule has 1 rings (SSSR count). The van der Waals surface area contributed by atoms with Gasteiger partial charge in [0.15, 0.2) is 0 Å². The summed E-state index contributed by atoms with van der Waals surface area (Å²) in [6.45, 7) is 4.15. The second-order valence-corrected chi connectivity index (χ2v) is 4.75. The van der Waals surface area contributed by atoms with Gasteiger partial charge >= 0.3 is 0 Å². The van der Waals surface area contributed by atoms with E-state index in [9.17, 15) is 4.39 Å². The smallest absolute Gasteiger partial charge is 0.123 e. The number of hydrogen-bond donors (Lipinski definition) is 1. The molecule has 0 aliphatic heterocycles. The van der Waals surface area contributed by atoms with Crippen LogP contribution in [0.5, 0.6) is 0 Å². The molecule has 0 spiro atoms. The zero-order valence-electron chi connectivity index (χ0n) is 11.2. The van der Waals surface area contributed by atoms with Crippen molar-refractivity contribution >= 4 is 0 Å². The Hall–Kier alpha value is -0.890. The molecular weight excluding hydrogens is 213 g/mol. The highest BCUT2D eigenvalue weighted by atomic mass is 19.1. The standard InChI is InChI=1S/C15H24FN/c1-4-5-6-7-8-15(17-3)13-9-12(2)10-14(16)11-13/h9-11,15,17H,4-8H2,1-3H3. The minimum absolute atomic E-state index is 0.131. The number of hydrogen-bond acceptors (Lipinski definition) is 1. The summed E-state index contributed by atoms with van der Waals surface area (Å²) in [4.78, 5) is 0. The van der Waals surface area contributed by atoms with Crippen LogP contribution in [0.4, 0.5) is 4.39 Å². The Kier molecular flexibility index (Phi) is 6.20. The second kappa shape index (κ2) is 7.44. The Morgan fingerprint density at radius 1 is 1.18 bits per heavy atom. The molecule has 1 N–H and O–H groups in total. The molecule has 0 aromatic heterocycles. The molecule has 0 saturated heterocycles. The van der Waals surface area contributed by atoms with Gasteiger partial charge in [-0.1, -0.05) is 38.7 Å². The summed E-state index contributed by atoms with van der Waals surface area (Å²) in [5, 5.41) is 3.28. The fourth-order valence-electron chi connectivity index (χ4n) is 2.22. The van der Waals surface area contributed by atoms with Gasteiger partial charge in [-0.3, -0.25) is 0 Å². The minimum atomic E-state index is -0.131. The highest BCUT2D eigenvalue weighted by Crippen LogP contribution is 2.21. The molecule has 1 unspecified atom stereocenters. The molecule has 96 valence electrons. The molecule has 0 aliphatic rings. The molecule has 0 heterocycles. The van der Waals surface area contributed by atoms with Gasteiger partial charge < -0.3 is 5.32 Å². The average molecular weight is 237 g/mol. The van der Waals surface area contributed by atoms with E-state index in [1.807, 2.05) is 14.0 Å². The molecule has 0 radical (unpaired) electrons. The zero-order chi connectivity index (χ0) is 12.7. The summed E-state index contributed by atoms with van der Waals surface area (Å²) < 4.78 is 13.3. The third-order valence-electron chi connectivity index (χ3n) is 3.16. The minimum Gasteiger partial charge on any atom is -0.313 e. The molecule has 0 amide bonds. The van der Waals surface area contributed by atoms with Gasteiger partial charge in [0.25, 0.3) is 0 Å². The van der Waals surface area contributed by atoms with Crippen molar-refractivity contribution in [1.82, 2.24) is 5.32 Å². The quantitative estimate of drug-likeness (QED) is 0.695. The number of halogens is 1. The Bertz CT molecular complexity index is 315. The van der Waals surface area contributed by atoms with Crippen LogP contribution in [0.2, 0.25) is 0 Å². The Labute approximate surface area is 104 Å². The van der Waals surface area contributed by atoms with E-state index in [0.29, 0.717) is 0 Å². The summed E-state index contributed by atoms with van der Waals surface area (Å²) in [6.07, 6.45) is 6.10. The fraction of sp³-hybridized carbons (Fsp3) is 0.600. The highest BCUT2D eigenvalue weighted by molar-refractivity contribution is 5.26. The van der Waals surface area contributed by atoms with Crippen LogP contribution in [-0.4, -0.2) is 7.05 Å². The number of benzene rings is 1. The Morgan fingerprint density at radius 3 is 2.53 bits per heavy atom. The number of unbranched alkanes of at least 4 members (excludes halogenated alkanes) is 3.